The molecule has 0 spiro atoms. The number of rotatable bonds is 7. The Hall–Kier alpha value is -3.46. The molecule has 3 aliphatic rings. The molecule has 3 fully saturated rings. The van der Waals surface area contributed by atoms with Crippen LogP contribution in [0, 0.1) is 30.5 Å². The van der Waals surface area contributed by atoms with Crippen molar-refractivity contribution in [1.29, 1.82) is 0 Å². The topological polar surface area (TPSA) is 85.0 Å². The predicted octanol–water partition coefficient (Wildman–Crippen LogP) is 3.76. The number of carbonyl (C=O) groups excluding carboxylic acids is 3. The molecule has 4 unspecified atom stereocenters. The molecular weight excluding hydrogens is 485 g/mol. The number of hydrogen-bond donors (Lipinski definition) is 2. The summed E-state index contributed by atoms with van der Waals surface area (Å²) in [4.78, 5) is 44.0. The quantitative estimate of drug-likeness (QED) is 0.581. The number of aryl methyl sites for hydroxylation is 1. The molecule has 4 amide bonds. The van der Waals surface area contributed by atoms with E-state index in [0.717, 1.165) is 11.1 Å². The van der Waals surface area contributed by atoms with E-state index < -0.39 is 6.29 Å². The zero-order valence-corrected chi connectivity index (χ0v) is 22.2. The maximum absolute atomic E-state index is 13.9. The third-order valence-electron chi connectivity index (χ3n) is 7.81. The Kier molecular flexibility index (Phi) is 7.38. The molecule has 38 heavy (non-hydrogen) atoms. The number of benzene rings is 2. The fourth-order valence-electron chi connectivity index (χ4n) is 5.79. The number of fused-ring (bicyclic) bond motifs is 3. The minimum atomic E-state index is -0.677. The van der Waals surface area contributed by atoms with Crippen molar-refractivity contribution in [2.45, 2.75) is 65.5 Å². The van der Waals surface area contributed by atoms with Gasteiger partial charge in [-0.05, 0) is 55.4 Å². The van der Waals surface area contributed by atoms with Crippen molar-refractivity contribution in [2.75, 3.05) is 6.54 Å². The highest BCUT2D eigenvalue weighted by molar-refractivity contribution is 5.87. The largest absolute Gasteiger partial charge is 0.356 e. The standard InChI is InChI=1S/C29H36FN5O3/c1-18(2)15-31-26(36)22-11-12-24-25(14-22)35-28(33(27(24)37)16-20-9-7-19(3)8-10-20)32-34(29(35)38)17-21-5-4-6-23(30)13-21/h4-10,13,18,22,24-25,28,32H,11-12,14-17H2,1-3H3,(H,31,36). The smallest absolute Gasteiger partial charge is 0.337 e. The van der Waals surface area contributed by atoms with Gasteiger partial charge in [-0.25, -0.2) is 9.18 Å². The van der Waals surface area contributed by atoms with Gasteiger partial charge in [0.15, 0.2) is 6.29 Å². The fraction of sp³-hybridized carbons (Fsp3) is 0.483. The Morgan fingerprint density at radius 3 is 2.55 bits per heavy atom. The van der Waals surface area contributed by atoms with Crippen LogP contribution in [0.3, 0.4) is 0 Å². The van der Waals surface area contributed by atoms with Gasteiger partial charge in [0.1, 0.15) is 5.82 Å². The van der Waals surface area contributed by atoms with E-state index in [4.69, 9.17) is 0 Å². The van der Waals surface area contributed by atoms with Crippen LogP contribution in [0.25, 0.3) is 0 Å². The second-order valence-electron chi connectivity index (χ2n) is 11.2. The fourth-order valence-corrected chi connectivity index (χ4v) is 5.79. The van der Waals surface area contributed by atoms with Crippen LogP contribution in [0.4, 0.5) is 9.18 Å². The number of halogens is 1. The monoisotopic (exact) mass is 521 g/mol. The predicted molar refractivity (Wildman–Crippen MR) is 140 cm³/mol. The third kappa shape index (κ3) is 5.25. The molecule has 1 saturated carbocycles. The summed E-state index contributed by atoms with van der Waals surface area (Å²) in [5.41, 5.74) is 5.98. The molecule has 0 aromatic heterocycles. The summed E-state index contributed by atoms with van der Waals surface area (Å²) in [6.45, 7) is 7.22. The third-order valence-corrected chi connectivity index (χ3v) is 7.81. The summed E-state index contributed by atoms with van der Waals surface area (Å²) >= 11 is 0. The van der Waals surface area contributed by atoms with Crippen molar-refractivity contribution in [3.63, 3.8) is 0 Å². The van der Waals surface area contributed by atoms with Gasteiger partial charge >= 0.3 is 6.03 Å². The Morgan fingerprint density at radius 1 is 1.08 bits per heavy atom. The van der Waals surface area contributed by atoms with E-state index in [0.29, 0.717) is 43.8 Å². The van der Waals surface area contributed by atoms with Crippen LogP contribution >= 0.6 is 0 Å². The van der Waals surface area contributed by atoms with Crippen molar-refractivity contribution < 1.29 is 18.8 Å². The van der Waals surface area contributed by atoms with E-state index in [1.165, 1.54) is 17.1 Å². The Labute approximate surface area is 223 Å². The van der Waals surface area contributed by atoms with Crippen LogP contribution in [0.15, 0.2) is 48.5 Å². The molecule has 202 valence electrons. The SMILES string of the molecule is Cc1ccc(CN2C(=O)C3CCC(C(=O)NCC(C)C)CC3N3C(=O)N(Cc4cccc(F)c4)NC23)cc1. The number of urea groups is 1. The van der Waals surface area contributed by atoms with E-state index >= 15 is 0 Å². The van der Waals surface area contributed by atoms with Crippen LogP contribution in [0.5, 0.6) is 0 Å². The van der Waals surface area contributed by atoms with Crippen LogP contribution < -0.4 is 10.7 Å². The molecule has 8 nitrogen and oxygen atoms in total. The molecule has 9 heteroatoms. The Bertz CT molecular complexity index is 1200. The molecule has 2 saturated heterocycles. The van der Waals surface area contributed by atoms with Gasteiger partial charge in [0.25, 0.3) is 0 Å². The lowest BCUT2D eigenvalue weighted by atomic mass is 9.75. The molecule has 5 rings (SSSR count). The summed E-state index contributed by atoms with van der Waals surface area (Å²) in [5.74, 6) is -0.675. The Balaban J connectivity index is 1.42. The summed E-state index contributed by atoms with van der Waals surface area (Å²) in [7, 11) is 0. The molecule has 0 bridgehead atoms. The molecular formula is C29H36FN5O3. The average Bonchev–Trinajstić information content (AvgIpc) is 3.21. The van der Waals surface area contributed by atoms with Crippen molar-refractivity contribution >= 4 is 17.8 Å². The molecule has 2 heterocycles. The molecule has 2 N–H and O–H groups in total. The van der Waals surface area contributed by atoms with Gasteiger partial charge in [-0.2, -0.15) is 5.43 Å². The van der Waals surface area contributed by atoms with Crippen molar-refractivity contribution in [3.05, 3.63) is 71.0 Å². The minimum Gasteiger partial charge on any atom is -0.356 e. The van der Waals surface area contributed by atoms with Crippen LogP contribution in [0.2, 0.25) is 0 Å². The summed E-state index contributed by atoms with van der Waals surface area (Å²) in [6, 6.07) is 13.5. The van der Waals surface area contributed by atoms with Gasteiger partial charge in [-0.15, -0.1) is 0 Å². The lowest BCUT2D eigenvalue weighted by molar-refractivity contribution is -0.159. The molecule has 2 aliphatic heterocycles. The number of nitrogens with zero attached hydrogens (tertiary/aromatic N) is 3. The maximum Gasteiger partial charge on any atom is 0.337 e. The normalized spacial score (nSPS) is 25.0. The highest BCUT2D eigenvalue weighted by atomic mass is 19.1. The van der Waals surface area contributed by atoms with Gasteiger partial charge < -0.3 is 10.2 Å². The highest BCUT2D eigenvalue weighted by Crippen LogP contribution is 2.41. The molecule has 2 aromatic carbocycles. The van der Waals surface area contributed by atoms with Crippen molar-refractivity contribution in [1.82, 2.24) is 25.6 Å². The first kappa shape index (κ1) is 26.2. The van der Waals surface area contributed by atoms with E-state index in [1.807, 2.05) is 45.0 Å². The first-order valence-corrected chi connectivity index (χ1v) is 13.5. The number of amides is 4. The van der Waals surface area contributed by atoms with Gasteiger partial charge in [0.05, 0.1) is 12.5 Å². The lowest BCUT2D eigenvalue weighted by Gasteiger charge is -2.49. The zero-order valence-electron chi connectivity index (χ0n) is 22.2. The number of hydrogen-bond acceptors (Lipinski definition) is 4. The lowest BCUT2D eigenvalue weighted by Crippen LogP contribution is -2.66. The summed E-state index contributed by atoms with van der Waals surface area (Å²) in [6.07, 6.45) is 0.927. The first-order valence-electron chi connectivity index (χ1n) is 13.5. The van der Waals surface area contributed by atoms with E-state index in [-0.39, 0.29) is 48.1 Å². The highest BCUT2D eigenvalue weighted by Gasteiger charge is 2.56. The molecule has 1 aliphatic carbocycles. The number of carbonyl (C=O) groups is 3. The van der Waals surface area contributed by atoms with Gasteiger partial charge in [0, 0.05) is 25.0 Å². The van der Waals surface area contributed by atoms with E-state index in [9.17, 15) is 18.8 Å². The van der Waals surface area contributed by atoms with Gasteiger partial charge in [0.2, 0.25) is 11.8 Å². The van der Waals surface area contributed by atoms with E-state index in [1.54, 1.807) is 21.9 Å². The molecule has 0 radical (unpaired) electrons. The van der Waals surface area contributed by atoms with Crippen LogP contribution in [-0.2, 0) is 22.7 Å². The van der Waals surface area contributed by atoms with Crippen molar-refractivity contribution in [3.8, 4) is 0 Å². The molecule has 2 aromatic rings. The summed E-state index contributed by atoms with van der Waals surface area (Å²) in [5, 5.41) is 4.48. The van der Waals surface area contributed by atoms with Crippen LogP contribution in [0.1, 0.15) is 49.8 Å². The zero-order chi connectivity index (χ0) is 27.0. The maximum atomic E-state index is 13.9. The first-order chi connectivity index (χ1) is 18.2. The molecule has 4 atom stereocenters. The second kappa shape index (κ2) is 10.7. The van der Waals surface area contributed by atoms with E-state index in [2.05, 4.69) is 10.7 Å². The van der Waals surface area contributed by atoms with Gasteiger partial charge in [-0.3, -0.25) is 19.5 Å². The summed E-state index contributed by atoms with van der Waals surface area (Å²) < 4.78 is 13.8. The van der Waals surface area contributed by atoms with Gasteiger partial charge in [-0.1, -0.05) is 55.8 Å². The number of hydrazine groups is 1. The average molecular weight is 522 g/mol. The minimum absolute atomic E-state index is 0.00855. The second-order valence-corrected chi connectivity index (χ2v) is 11.2. The van der Waals surface area contributed by atoms with Crippen molar-refractivity contribution in [2.24, 2.45) is 17.8 Å². The number of nitrogens with one attached hydrogen (secondary N) is 2. The van der Waals surface area contributed by atoms with Crippen LogP contribution in [-0.4, -0.2) is 51.5 Å². The Morgan fingerprint density at radius 2 is 1.84 bits per heavy atom.